The summed E-state index contributed by atoms with van der Waals surface area (Å²) in [5, 5.41) is 37.1. The number of benzene rings is 4. The first kappa shape index (κ1) is 36.8. The van der Waals surface area contributed by atoms with E-state index in [-0.39, 0.29) is 52.9 Å². The van der Waals surface area contributed by atoms with Gasteiger partial charge in [-0.3, -0.25) is 0 Å². The van der Waals surface area contributed by atoms with E-state index < -0.39 is 10.8 Å². The van der Waals surface area contributed by atoms with Crippen LogP contribution < -0.4 is 18.9 Å². The van der Waals surface area contributed by atoms with Crippen molar-refractivity contribution in [1.82, 2.24) is 0 Å². The Morgan fingerprint density at radius 2 is 0.750 bits per heavy atom. The summed E-state index contributed by atoms with van der Waals surface area (Å²) in [5.41, 5.74) is 5.68. The number of aliphatic hydroxyl groups is 4. The van der Waals surface area contributed by atoms with Crippen LogP contribution in [0.4, 0.5) is 0 Å². The van der Waals surface area contributed by atoms with Crippen molar-refractivity contribution < 1.29 is 39.4 Å². The van der Waals surface area contributed by atoms with Crippen LogP contribution in [0.1, 0.15) is 60.1 Å². The van der Waals surface area contributed by atoms with Crippen LogP contribution in [0.15, 0.2) is 84.9 Å². The Balaban J connectivity index is 1.78. The number of hydrogen-bond donors (Lipinski definition) is 4. The predicted molar refractivity (Wildman–Crippen MR) is 188 cm³/mol. The van der Waals surface area contributed by atoms with Gasteiger partial charge in [0.2, 0.25) is 0 Å². The molecule has 0 saturated heterocycles. The van der Waals surface area contributed by atoms with Crippen LogP contribution in [0.5, 0.6) is 23.0 Å². The summed E-state index contributed by atoms with van der Waals surface area (Å²) in [5.74, 6) is 2.89. The Morgan fingerprint density at radius 1 is 0.438 bits per heavy atom. The second-order valence-corrected chi connectivity index (χ2v) is 12.5. The molecule has 4 aromatic rings. The summed E-state index contributed by atoms with van der Waals surface area (Å²) in [7, 11) is 0. The van der Waals surface area contributed by atoms with E-state index in [0.717, 1.165) is 57.7 Å². The molecule has 8 nitrogen and oxygen atoms in total. The normalized spacial score (nSPS) is 11.8. The third kappa shape index (κ3) is 8.88. The summed E-state index contributed by atoms with van der Waals surface area (Å²) in [6, 6.07) is 28.7. The molecule has 0 spiro atoms. The van der Waals surface area contributed by atoms with Gasteiger partial charge in [0, 0.05) is 10.8 Å². The molecule has 0 amide bonds. The molecule has 0 aliphatic rings. The molecule has 8 heteroatoms. The largest absolute Gasteiger partial charge is 0.491 e. The highest BCUT2D eigenvalue weighted by Crippen LogP contribution is 2.45. The molecule has 258 valence electrons. The van der Waals surface area contributed by atoms with Crippen LogP contribution >= 0.6 is 0 Å². The number of ether oxygens (including phenoxy) is 4. The lowest BCUT2D eigenvalue weighted by molar-refractivity contribution is 0.200. The van der Waals surface area contributed by atoms with Crippen LogP contribution in [0, 0.1) is 13.8 Å². The molecule has 0 saturated carbocycles. The summed E-state index contributed by atoms with van der Waals surface area (Å²) in [6.45, 7) is 9.32. The molecule has 0 unspecified atom stereocenters. The van der Waals surface area contributed by atoms with E-state index in [0.29, 0.717) is 11.5 Å². The van der Waals surface area contributed by atoms with Crippen LogP contribution in [0.3, 0.4) is 0 Å². The fourth-order valence-electron chi connectivity index (χ4n) is 6.20. The Bertz CT molecular complexity index is 1460. The third-order valence-corrected chi connectivity index (χ3v) is 9.15. The Morgan fingerprint density at radius 3 is 1.08 bits per heavy atom. The van der Waals surface area contributed by atoms with Gasteiger partial charge in [0.15, 0.2) is 0 Å². The summed E-state index contributed by atoms with van der Waals surface area (Å²) in [4.78, 5) is 0. The minimum Gasteiger partial charge on any atom is -0.491 e. The van der Waals surface area contributed by atoms with Crippen LogP contribution in [-0.2, 0) is 10.8 Å². The number of aryl methyl sites for hydroxylation is 2. The van der Waals surface area contributed by atoms with Gasteiger partial charge >= 0.3 is 0 Å². The van der Waals surface area contributed by atoms with E-state index in [2.05, 4.69) is 62.4 Å². The summed E-state index contributed by atoms with van der Waals surface area (Å²) < 4.78 is 22.9. The van der Waals surface area contributed by atoms with Crippen molar-refractivity contribution in [2.24, 2.45) is 0 Å². The highest BCUT2D eigenvalue weighted by Gasteiger charge is 2.36. The smallest absolute Gasteiger partial charge is 0.122 e. The van der Waals surface area contributed by atoms with Gasteiger partial charge in [-0.05, 0) is 96.5 Å². The van der Waals surface area contributed by atoms with Crippen molar-refractivity contribution in [2.45, 2.75) is 51.4 Å². The maximum Gasteiger partial charge on any atom is 0.122 e. The van der Waals surface area contributed by atoms with Crippen molar-refractivity contribution >= 4 is 0 Å². The predicted octanol–water partition coefficient (Wildman–Crippen LogP) is 5.88. The van der Waals surface area contributed by atoms with Gasteiger partial charge in [-0.2, -0.15) is 0 Å². The van der Waals surface area contributed by atoms with Crippen LogP contribution in [0.2, 0.25) is 0 Å². The second-order valence-electron chi connectivity index (χ2n) is 12.5. The van der Waals surface area contributed by atoms with Gasteiger partial charge in [-0.15, -0.1) is 0 Å². The lowest BCUT2D eigenvalue weighted by Crippen LogP contribution is -2.31. The van der Waals surface area contributed by atoms with E-state index in [9.17, 15) is 20.4 Å². The fraction of sp³-hybridized carbons (Fsp3) is 0.400. The first-order chi connectivity index (χ1) is 23.2. The topological polar surface area (TPSA) is 118 Å². The van der Waals surface area contributed by atoms with Crippen molar-refractivity contribution in [3.8, 4) is 23.0 Å². The van der Waals surface area contributed by atoms with Crippen molar-refractivity contribution in [2.75, 3.05) is 52.9 Å². The lowest BCUT2D eigenvalue weighted by atomic mass is 9.66. The minimum atomic E-state index is -0.420. The maximum atomic E-state index is 9.31. The van der Waals surface area contributed by atoms with E-state index >= 15 is 0 Å². The fourth-order valence-corrected chi connectivity index (χ4v) is 6.20. The average Bonchev–Trinajstić information content (AvgIpc) is 3.11. The number of hydrogen-bond acceptors (Lipinski definition) is 8. The van der Waals surface area contributed by atoms with Gasteiger partial charge < -0.3 is 39.4 Å². The zero-order valence-corrected chi connectivity index (χ0v) is 28.6. The van der Waals surface area contributed by atoms with Crippen molar-refractivity contribution in [1.29, 1.82) is 0 Å². The average molecular weight is 659 g/mol. The maximum absolute atomic E-state index is 9.31. The molecule has 0 aliphatic carbocycles. The standard InChI is InChI=1S/C40H50O8/c1-29-27-33(9-15-37(29)47-25-21-43)40(4,34-10-16-38(30(2)28-34)48-26-22-44)18-17-39(3,31-5-11-35(12-6-31)45-23-19-41)32-7-13-36(14-8-32)46-24-20-42/h5-16,27-28,41-44H,17-26H2,1-4H3. The molecule has 0 radical (unpaired) electrons. The molecule has 0 fully saturated rings. The number of aliphatic hydroxyl groups excluding tert-OH is 4. The van der Waals surface area contributed by atoms with Gasteiger partial charge in [-0.25, -0.2) is 0 Å². The lowest BCUT2D eigenvalue weighted by Gasteiger charge is -2.38. The highest BCUT2D eigenvalue weighted by molar-refractivity contribution is 5.49. The molecule has 0 aliphatic heterocycles. The van der Waals surface area contributed by atoms with Gasteiger partial charge in [0.1, 0.15) is 49.4 Å². The molecule has 4 rings (SSSR count). The first-order valence-electron chi connectivity index (χ1n) is 16.6. The molecular formula is C40H50O8. The zero-order valence-electron chi connectivity index (χ0n) is 28.6. The van der Waals surface area contributed by atoms with Crippen molar-refractivity contribution in [3.63, 3.8) is 0 Å². The molecule has 48 heavy (non-hydrogen) atoms. The molecule has 0 atom stereocenters. The Labute approximate surface area is 284 Å². The minimum absolute atomic E-state index is 0.0508. The van der Waals surface area contributed by atoms with Crippen LogP contribution in [0.25, 0.3) is 0 Å². The van der Waals surface area contributed by atoms with Crippen LogP contribution in [-0.4, -0.2) is 73.3 Å². The first-order valence-corrected chi connectivity index (χ1v) is 16.6. The molecule has 0 heterocycles. The highest BCUT2D eigenvalue weighted by atomic mass is 16.5. The summed E-state index contributed by atoms with van der Waals surface area (Å²) in [6.07, 6.45) is 1.56. The summed E-state index contributed by atoms with van der Waals surface area (Å²) >= 11 is 0. The van der Waals surface area contributed by atoms with E-state index in [1.807, 2.05) is 50.2 Å². The van der Waals surface area contributed by atoms with Gasteiger partial charge in [0.05, 0.1) is 26.4 Å². The molecule has 4 aromatic carbocycles. The molecule has 4 N–H and O–H groups in total. The Kier molecular flexibility index (Phi) is 13.3. The Hall–Kier alpha value is -4.08. The third-order valence-electron chi connectivity index (χ3n) is 9.15. The second kappa shape index (κ2) is 17.4. The quantitative estimate of drug-likeness (QED) is 0.0987. The van der Waals surface area contributed by atoms with Crippen molar-refractivity contribution in [3.05, 3.63) is 118 Å². The SMILES string of the molecule is Cc1cc(C(C)(CCC(C)(c2ccc(OCCO)cc2)c2ccc(OCCO)cc2)c2ccc(OCCO)c(C)c2)ccc1OCCO. The molecule has 0 bridgehead atoms. The molecule has 0 aromatic heterocycles. The monoisotopic (exact) mass is 658 g/mol. The van der Waals surface area contributed by atoms with E-state index in [1.165, 1.54) is 0 Å². The molecular weight excluding hydrogens is 608 g/mol. The number of rotatable bonds is 19. The van der Waals surface area contributed by atoms with Gasteiger partial charge in [-0.1, -0.05) is 62.4 Å². The zero-order chi connectivity index (χ0) is 34.6. The van der Waals surface area contributed by atoms with Gasteiger partial charge in [0.25, 0.3) is 0 Å². The van der Waals surface area contributed by atoms with E-state index in [1.54, 1.807) is 0 Å². The van der Waals surface area contributed by atoms with E-state index in [4.69, 9.17) is 18.9 Å².